The molecule has 0 aliphatic carbocycles. The molecule has 1 fully saturated rings. The minimum Gasteiger partial charge on any atom is -0.372 e. The van der Waals surface area contributed by atoms with Crippen molar-refractivity contribution in [3.8, 4) is 0 Å². The Labute approximate surface area is 138 Å². The van der Waals surface area contributed by atoms with Gasteiger partial charge in [0, 0.05) is 19.2 Å². The summed E-state index contributed by atoms with van der Waals surface area (Å²) in [5.41, 5.74) is 0.658. The third kappa shape index (κ3) is 4.89. The van der Waals surface area contributed by atoms with Crippen LogP contribution in [0.2, 0.25) is 5.02 Å². The highest BCUT2D eigenvalue weighted by Crippen LogP contribution is 2.30. The third-order valence-electron chi connectivity index (χ3n) is 3.48. The lowest BCUT2D eigenvalue weighted by Gasteiger charge is -2.20. The first kappa shape index (κ1) is 17.7. The van der Waals surface area contributed by atoms with Crippen LogP contribution in [-0.4, -0.2) is 37.7 Å². The molecule has 0 bridgehead atoms. The number of nitrogens with one attached hydrogen (secondary N) is 3. The van der Waals surface area contributed by atoms with E-state index in [1.165, 1.54) is 12.1 Å². The molecule has 2 rings (SSSR count). The second kappa shape index (κ2) is 8.24. The fourth-order valence-electron chi connectivity index (χ4n) is 2.42. The van der Waals surface area contributed by atoms with E-state index in [0.29, 0.717) is 25.1 Å². The maximum absolute atomic E-state index is 13.6. The molecule has 0 spiro atoms. The van der Waals surface area contributed by atoms with E-state index in [4.69, 9.17) is 16.3 Å². The molecular weight excluding hydrogens is 325 g/mol. The molecule has 3 amide bonds. The minimum atomic E-state index is -0.529. The van der Waals surface area contributed by atoms with E-state index < -0.39 is 17.8 Å². The van der Waals surface area contributed by atoms with Gasteiger partial charge in [-0.05, 0) is 31.0 Å². The molecule has 1 saturated heterocycles. The van der Waals surface area contributed by atoms with Gasteiger partial charge in [0.15, 0.2) is 0 Å². The second-order valence-electron chi connectivity index (χ2n) is 5.15. The van der Waals surface area contributed by atoms with Gasteiger partial charge in [-0.3, -0.25) is 10.1 Å². The van der Waals surface area contributed by atoms with Gasteiger partial charge in [0.05, 0.1) is 17.7 Å². The van der Waals surface area contributed by atoms with Crippen LogP contribution >= 0.6 is 11.6 Å². The summed E-state index contributed by atoms with van der Waals surface area (Å²) in [5, 5.41) is 7.77. The number of rotatable bonds is 5. The molecule has 1 aliphatic heterocycles. The van der Waals surface area contributed by atoms with Gasteiger partial charge in [0.25, 0.3) is 0 Å². The Morgan fingerprint density at radius 1 is 1.43 bits per heavy atom. The van der Waals surface area contributed by atoms with Gasteiger partial charge in [-0.1, -0.05) is 17.7 Å². The predicted octanol–water partition coefficient (Wildman–Crippen LogP) is 1.74. The zero-order valence-electron chi connectivity index (χ0n) is 12.7. The van der Waals surface area contributed by atoms with Crippen molar-refractivity contribution in [2.45, 2.75) is 25.5 Å². The van der Waals surface area contributed by atoms with Gasteiger partial charge < -0.3 is 15.4 Å². The van der Waals surface area contributed by atoms with Crippen LogP contribution in [0.15, 0.2) is 18.2 Å². The number of urea groups is 1. The Kier molecular flexibility index (Phi) is 6.32. The SMILES string of the molecule is CCNC(=O)NC(=O)CNC1CCOC1c1ccc(Cl)c(F)c1. The number of amides is 3. The number of hydrogen-bond donors (Lipinski definition) is 3. The third-order valence-corrected chi connectivity index (χ3v) is 3.79. The molecule has 3 N–H and O–H groups in total. The highest BCUT2D eigenvalue weighted by atomic mass is 35.5. The zero-order chi connectivity index (χ0) is 16.8. The molecule has 23 heavy (non-hydrogen) atoms. The van der Waals surface area contributed by atoms with Gasteiger partial charge in [-0.25, -0.2) is 9.18 Å². The first-order valence-electron chi connectivity index (χ1n) is 7.39. The van der Waals surface area contributed by atoms with Crippen molar-refractivity contribution in [2.24, 2.45) is 0 Å². The van der Waals surface area contributed by atoms with Crippen LogP contribution in [0.5, 0.6) is 0 Å². The van der Waals surface area contributed by atoms with Gasteiger partial charge in [0.2, 0.25) is 5.91 Å². The lowest BCUT2D eigenvalue weighted by molar-refractivity contribution is -0.119. The maximum Gasteiger partial charge on any atom is 0.321 e. The minimum absolute atomic E-state index is 0.0300. The normalized spacial score (nSPS) is 20.3. The molecule has 2 unspecified atom stereocenters. The van der Waals surface area contributed by atoms with Crippen molar-refractivity contribution in [3.63, 3.8) is 0 Å². The van der Waals surface area contributed by atoms with Crippen molar-refractivity contribution in [1.29, 1.82) is 0 Å². The molecule has 2 atom stereocenters. The number of hydrogen-bond acceptors (Lipinski definition) is 4. The van der Waals surface area contributed by atoms with Crippen LogP contribution in [-0.2, 0) is 9.53 Å². The lowest BCUT2D eigenvalue weighted by Crippen LogP contribution is -2.45. The molecule has 0 saturated carbocycles. The molecular formula is C15H19ClFN3O3. The van der Waals surface area contributed by atoms with Crippen LogP contribution in [0.25, 0.3) is 0 Å². The van der Waals surface area contributed by atoms with Gasteiger partial charge in [-0.2, -0.15) is 0 Å². The molecule has 1 aromatic rings. The largest absolute Gasteiger partial charge is 0.372 e. The van der Waals surface area contributed by atoms with E-state index >= 15 is 0 Å². The average molecular weight is 344 g/mol. The molecule has 8 heteroatoms. The van der Waals surface area contributed by atoms with E-state index in [2.05, 4.69) is 16.0 Å². The number of benzene rings is 1. The van der Waals surface area contributed by atoms with Gasteiger partial charge >= 0.3 is 6.03 Å². The summed E-state index contributed by atoms with van der Waals surface area (Å²) in [5.74, 6) is -0.948. The highest BCUT2D eigenvalue weighted by molar-refractivity contribution is 6.30. The number of halogens is 2. The Morgan fingerprint density at radius 2 is 2.22 bits per heavy atom. The summed E-state index contributed by atoms with van der Waals surface area (Å²) >= 11 is 5.68. The monoisotopic (exact) mass is 343 g/mol. The average Bonchev–Trinajstić information content (AvgIpc) is 2.96. The number of ether oxygens (including phenoxy) is 1. The Balaban J connectivity index is 1.90. The van der Waals surface area contributed by atoms with Crippen LogP contribution < -0.4 is 16.0 Å². The number of carbonyl (C=O) groups is 2. The molecule has 126 valence electrons. The van der Waals surface area contributed by atoms with Gasteiger partial charge in [-0.15, -0.1) is 0 Å². The first-order valence-corrected chi connectivity index (χ1v) is 7.76. The summed E-state index contributed by atoms with van der Waals surface area (Å²) < 4.78 is 19.2. The molecule has 1 heterocycles. The second-order valence-corrected chi connectivity index (χ2v) is 5.56. The van der Waals surface area contributed by atoms with Crippen LogP contribution in [0, 0.1) is 5.82 Å². The zero-order valence-corrected chi connectivity index (χ0v) is 13.5. The first-order chi connectivity index (χ1) is 11.0. The van der Waals surface area contributed by atoms with E-state index in [1.54, 1.807) is 13.0 Å². The maximum atomic E-state index is 13.6. The summed E-state index contributed by atoms with van der Waals surface area (Å²) in [6, 6.07) is 3.84. The Morgan fingerprint density at radius 3 is 2.91 bits per heavy atom. The van der Waals surface area contributed by atoms with E-state index in [-0.39, 0.29) is 23.7 Å². The lowest BCUT2D eigenvalue weighted by atomic mass is 10.0. The summed E-state index contributed by atoms with van der Waals surface area (Å²) in [4.78, 5) is 22.9. The van der Waals surface area contributed by atoms with E-state index in [9.17, 15) is 14.0 Å². The van der Waals surface area contributed by atoms with Crippen molar-refractivity contribution >= 4 is 23.5 Å². The van der Waals surface area contributed by atoms with Crippen molar-refractivity contribution in [1.82, 2.24) is 16.0 Å². The standard InChI is InChI=1S/C15H19ClFN3O3/c1-2-18-15(22)20-13(21)8-19-12-5-6-23-14(12)9-3-4-10(16)11(17)7-9/h3-4,7,12,14,19H,2,5-6,8H2,1H3,(H2,18,20,21,22). The summed E-state index contributed by atoms with van der Waals surface area (Å²) in [7, 11) is 0. The smallest absolute Gasteiger partial charge is 0.321 e. The van der Waals surface area contributed by atoms with E-state index in [1.807, 2.05) is 0 Å². The van der Waals surface area contributed by atoms with Crippen LogP contribution in [0.1, 0.15) is 25.0 Å². The fraction of sp³-hybridized carbons (Fsp3) is 0.467. The van der Waals surface area contributed by atoms with Gasteiger partial charge in [0.1, 0.15) is 5.82 Å². The highest BCUT2D eigenvalue weighted by Gasteiger charge is 2.30. The molecule has 0 radical (unpaired) electrons. The van der Waals surface area contributed by atoms with Crippen LogP contribution in [0.3, 0.4) is 0 Å². The summed E-state index contributed by atoms with van der Waals surface area (Å²) in [6.45, 7) is 2.67. The fourth-order valence-corrected chi connectivity index (χ4v) is 2.53. The van der Waals surface area contributed by atoms with Crippen molar-refractivity contribution in [2.75, 3.05) is 19.7 Å². The number of imide groups is 1. The molecule has 6 nitrogen and oxygen atoms in total. The topological polar surface area (TPSA) is 79.5 Å². The Bertz CT molecular complexity index is 585. The predicted molar refractivity (Wildman–Crippen MR) is 83.7 cm³/mol. The van der Waals surface area contributed by atoms with E-state index in [0.717, 1.165) is 0 Å². The summed E-state index contributed by atoms with van der Waals surface area (Å²) in [6.07, 6.45) is 0.322. The van der Waals surface area contributed by atoms with Crippen LogP contribution in [0.4, 0.5) is 9.18 Å². The number of carbonyl (C=O) groups excluding carboxylic acids is 2. The van der Waals surface area contributed by atoms with Crippen molar-refractivity contribution < 1.29 is 18.7 Å². The molecule has 0 aromatic heterocycles. The quantitative estimate of drug-likeness (QED) is 0.761. The molecule has 1 aliphatic rings. The molecule has 1 aromatic carbocycles. The Hall–Kier alpha value is -1.70. The van der Waals surface area contributed by atoms with Crippen molar-refractivity contribution in [3.05, 3.63) is 34.6 Å².